The zero-order valence-corrected chi connectivity index (χ0v) is 10.8. The molecule has 0 bridgehead atoms. The predicted octanol–water partition coefficient (Wildman–Crippen LogP) is 1.15. The number of hydrogen-bond donors (Lipinski definition) is 2. The molecule has 3 nitrogen and oxygen atoms in total. The monoisotopic (exact) mass is 249 g/mol. The summed E-state index contributed by atoms with van der Waals surface area (Å²) in [6.07, 6.45) is -1.27. The number of nitrogens with two attached hydrogens (primary N) is 1. The van der Waals surface area contributed by atoms with Crippen molar-refractivity contribution in [1.29, 1.82) is 0 Å². The maximum Gasteiger partial charge on any atom is 0.250 e. The molecular formula is C12H25F2N3. The van der Waals surface area contributed by atoms with Crippen molar-refractivity contribution >= 4 is 0 Å². The molecule has 1 fully saturated rings. The van der Waals surface area contributed by atoms with Gasteiger partial charge in [-0.25, -0.2) is 8.78 Å². The molecule has 0 aromatic heterocycles. The lowest BCUT2D eigenvalue weighted by Crippen LogP contribution is -2.52. The van der Waals surface area contributed by atoms with E-state index in [4.69, 9.17) is 5.73 Å². The molecule has 0 aromatic carbocycles. The zero-order chi connectivity index (χ0) is 12.8. The molecule has 3 N–H and O–H groups in total. The van der Waals surface area contributed by atoms with E-state index < -0.39 is 6.43 Å². The number of nitrogens with zero attached hydrogens (tertiary/aromatic N) is 1. The average molecular weight is 249 g/mol. The van der Waals surface area contributed by atoms with E-state index >= 15 is 0 Å². The fourth-order valence-electron chi connectivity index (χ4n) is 2.48. The zero-order valence-electron chi connectivity index (χ0n) is 10.8. The van der Waals surface area contributed by atoms with Crippen molar-refractivity contribution in [3.63, 3.8) is 0 Å². The van der Waals surface area contributed by atoms with Crippen molar-refractivity contribution in [2.45, 2.75) is 32.7 Å². The Labute approximate surface area is 103 Å². The van der Waals surface area contributed by atoms with Crippen LogP contribution in [0, 0.1) is 11.8 Å². The van der Waals surface area contributed by atoms with Gasteiger partial charge in [0.05, 0.1) is 6.54 Å². The molecule has 17 heavy (non-hydrogen) atoms. The number of halogens is 2. The van der Waals surface area contributed by atoms with Crippen LogP contribution in [0.15, 0.2) is 0 Å². The number of likely N-dealkylation sites (tertiary alicyclic amines) is 1. The smallest absolute Gasteiger partial charge is 0.250 e. The summed E-state index contributed by atoms with van der Waals surface area (Å²) in [6, 6.07) is 0.177. The Kier molecular flexibility index (Phi) is 6.30. The lowest BCUT2D eigenvalue weighted by atomic mass is 9.85. The molecular weight excluding hydrogens is 224 g/mol. The topological polar surface area (TPSA) is 41.3 Å². The summed E-state index contributed by atoms with van der Waals surface area (Å²) in [5.74, 6) is 1.16. The van der Waals surface area contributed by atoms with Crippen molar-refractivity contribution in [1.82, 2.24) is 10.2 Å². The Balaban J connectivity index is 2.46. The van der Waals surface area contributed by atoms with Crippen LogP contribution < -0.4 is 11.1 Å². The minimum atomic E-state index is -2.27. The molecule has 1 aliphatic rings. The van der Waals surface area contributed by atoms with Gasteiger partial charge in [0.2, 0.25) is 0 Å². The second kappa shape index (κ2) is 7.24. The molecule has 1 aliphatic heterocycles. The van der Waals surface area contributed by atoms with Crippen molar-refractivity contribution in [3.05, 3.63) is 0 Å². The van der Waals surface area contributed by atoms with Crippen LogP contribution in [0.4, 0.5) is 8.78 Å². The minimum Gasteiger partial charge on any atom is -0.329 e. The van der Waals surface area contributed by atoms with Crippen LogP contribution in [0.2, 0.25) is 0 Å². The van der Waals surface area contributed by atoms with E-state index in [1.165, 1.54) is 0 Å². The molecule has 1 saturated heterocycles. The molecule has 0 radical (unpaired) electrons. The Hall–Kier alpha value is -0.260. The third-order valence-corrected chi connectivity index (χ3v) is 3.51. The summed E-state index contributed by atoms with van der Waals surface area (Å²) in [7, 11) is 0. The number of alkyl halides is 2. The highest BCUT2D eigenvalue weighted by molar-refractivity contribution is 4.85. The molecule has 0 aromatic rings. The Morgan fingerprint density at radius 2 is 2.06 bits per heavy atom. The van der Waals surface area contributed by atoms with Crippen molar-refractivity contribution < 1.29 is 8.78 Å². The quantitative estimate of drug-likeness (QED) is 0.742. The van der Waals surface area contributed by atoms with Gasteiger partial charge in [0.15, 0.2) is 0 Å². The average Bonchev–Trinajstić information content (AvgIpc) is 2.26. The van der Waals surface area contributed by atoms with Crippen LogP contribution >= 0.6 is 0 Å². The number of hydrogen-bond acceptors (Lipinski definition) is 3. The molecule has 2 atom stereocenters. The first-order valence-electron chi connectivity index (χ1n) is 6.46. The van der Waals surface area contributed by atoms with Crippen LogP contribution in [0.25, 0.3) is 0 Å². The fourth-order valence-corrected chi connectivity index (χ4v) is 2.48. The summed E-state index contributed by atoms with van der Waals surface area (Å²) in [5, 5.41) is 2.96. The Morgan fingerprint density at radius 3 is 2.59 bits per heavy atom. The first-order chi connectivity index (χ1) is 8.02. The number of nitrogens with one attached hydrogen (secondary N) is 1. The van der Waals surface area contributed by atoms with E-state index in [0.717, 1.165) is 26.1 Å². The van der Waals surface area contributed by atoms with Gasteiger partial charge in [-0.15, -0.1) is 0 Å². The lowest BCUT2D eigenvalue weighted by molar-refractivity contribution is 0.0969. The van der Waals surface area contributed by atoms with Gasteiger partial charge >= 0.3 is 0 Å². The highest BCUT2D eigenvalue weighted by atomic mass is 19.3. The number of rotatable bonds is 6. The SMILES string of the molecule is CC(C)C1CC(NCC(F)F)CN(CCN)C1. The highest BCUT2D eigenvalue weighted by Gasteiger charge is 2.28. The molecule has 0 aliphatic carbocycles. The van der Waals surface area contributed by atoms with E-state index in [2.05, 4.69) is 24.1 Å². The largest absolute Gasteiger partial charge is 0.329 e. The summed E-state index contributed by atoms with van der Waals surface area (Å²) < 4.78 is 24.4. The molecule has 0 saturated carbocycles. The van der Waals surface area contributed by atoms with E-state index in [0.29, 0.717) is 18.4 Å². The molecule has 0 amide bonds. The standard InChI is InChI=1S/C12H25F2N3/c1-9(2)10-5-11(16-6-12(13)14)8-17(7-10)4-3-15/h9-12,16H,3-8,15H2,1-2H3. The van der Waals surface area contributed by atoms with Gasteiger partial charge in [-0.1, -0.05) is 13.8 Å². The second-order valence-corrected chi connectivity index (χ2v) is 5.28. The first-order valence-corrected chi connectivity index (χ1v) is 6.46. The molecule has 1 heterocycles. The van der Waals surface area contributed by atoms with Crippen molar-refractivity contribution in [2.75, 3.05) is 32.7 Å². The van der Waals surface area contributed by atoms with Gasteiger partial charge in [-0.05, 0) is 18.3 Å². The van der Waals surface area contributed by atoms with E-state index in [-0.39, 0.29) is 12.6 Å². The van der Waals surface area contributed by atoms with Crippen molar-refractivity contribution in [3.8, 4) is 0 Å². The summed E-state index contributed by atoms with van der Waals surface area (Å²) in [4.78, 5) is 2.29. The predicted molar refractivity (Wildman–Crippen MR) is 66.2 cm³/mol. The third-order valence-electron chi connectivity index (χ3n) is 3.51. The molecule has 102 valence electrons. The van der Waals surface area contributed by atoms with E-state index in [9.17, 15) is 8.78 Å². The van der Waals surface area contributed by atoms with E-state index in [1.54, 1.807) is 0 Å². The van der Waals surface area contributed by atoms with Crippen LogP contribution in [0.3, 0.4) is 0 Å². The Bertz CT molecular complexity index is 212. The summed E-state index contributed by atoms with van der Waals surface area (Å²) >= 11 is 0. The number of piperidine rings is 1. The molecule has 5 heteroatoms. The molecule has 1 rings (SSSR count). The van der Waals surface area contributed by atoms with Crippen molar-refractivity contribution in [2.24, 2.45) is 17.6 Å². The molecule has 0 spiro atoms. The van der Waals surface area contributed by atoms with Gasteiger partial charge in [-0.3, -0.25) is 0 Å². The maximum atomic E-state index is 12.2. The van der Waals surface area contributed by atoms with E-state index in [1.807, 2.05) is 0 Å². The van der Waals surface area contributed by atoms with Crippen LogP contribution in [0.5, 0.6) is 0 Å². The van der Waals surface area contributed by atoms with Gasteiger partial charge in [0.25, 0.3) is 6.43 Å². The third kappa shape index (κ3) is 5.27. The van der Waals surface area contributed by atoms with Crippen LogP contribution in [-0.4, -0.2) is 50.1 Å². The fraction of sp³-hybridized carbons (Fsp3) is 1.00. The normalized spacial score (nSPS) is 27.0. The van der Waals surface area contributed by atoms with Gasteiger partial charge in [-0.2, -0.15) is 0 Å². The second-order valence-electron chi connectivity index (χ2n) is 5.28. The minimum absolute atomic E-state index is 0.177. The maximum absolute atomic E-state index is 12.2. The first kappa shape index (κ1) is 14.8. The summed E-state index contributed by atoms with van der Waals surface area (Å²) in [5.41, 5.74) is 5.57. The van der Waals surface area contributed by atoms with Crippen LogP contribution in [-0.2, 0) is 0 Å². The Morgan fingerprint density at radius 1 is 1.35 bits per heavy atom. The van der Waals surface area contributed by atoms with Gasteiger partial charge in [0, 0.05) is 32.2 Å². The summed E-state index contributed by atoms with van der Waals surface area (Å²) in [6.45, 7) is 7.56. The van der Waals surface area contributed by atoms with Gasteiger partial charge < -0.3 is 16.0 Å². The van der Waals surface area contributed by atoms with Gasteiger partial charge in [0.1, 0.15) is 0 Å². The molecule has 2 unspecified atom stereocenters. The highest BCUT2D eigenvalue weighted by Crippen LogP contribution is 2.23. The lowest BCUT2D eigenvalue weighted by Gasteiger charge is -2.39. The van der Waals surface area contributed by atoms with Crippen LogP contribution in [0.1, 0.15) is 20.3 Å².